The second-order valence-corrected chi connectivity index (χ2v) is 8.28. The molecule has 0 saturated heterocycles. The maximum atomic E-state index is 13.9. The molecule has 0 saturated carbocycles. The Kier molecular flexibility index (Phi) is 8.07. The first-order chi connectivity index (χ1) is 15.6. The Balaban J connectivity index is 3.59. The zero-order valence-corrected chi connectivity index (χ0v) is 18.8. The van der Waals surface area contributed by atoms with Crippen LogP contribution >= 0.6 is 27.5 Å². The van der Waals surface area contributed by atoms with Crippen LogP contribution in [0.4, 0.5) is 75.9 Å². The second-order valence-electron chi connectivity index (χ2n) is 6.96. The topological polar surface area (TPSA) is 29.1 Å². The summed E-state index contributed by atoms with van der Waals surface area (Å²) in [5.41, 5.74) is -0.567. The van der Waals surface area contributed by atoms with Crippen molar-refractivity contribution in [1.82, 2.24) is 0 Å². The molecule has 1 aromatic rings. The summed E-state index contributed by atoms with van der Waals surface area (Å²) in [5.74, 6) is -60.6. The van der Waals surface area contributed by atoms with E-state index < -0.39 is 58.4 Å². The van der Waals surface area contributed by atoms with Crippen molar-refractivity contribution in [3.05, 3.63) is 28.2 Å². The van der Waals surface area contributed by atoms with Crippen molar-refractivity contribution >= 4 is 39.1 Å². The summed E-state index contributed by atoms with van der Waals surface area (Å²) < 4.78 is 215. The number of hydrogen-bond donors (Lipinski definition) is 1. The number of anilines is 1. The third kappa shape index (κ3) is 4.47. The molecule has 36 heavy (non-hydrogen) atoms. The van der Waals surface area contributed by atoms with Gasteiger partial charge >= 0.3 is 52.7 Å². The number of benzene rings is 1. The highest BCUT2D eigenvalue weighted by atomic mass is 79.9. The van der Waals surface area contributed by atoms with Crippen LogP contribution in [0.3, 0.4) is 0 Å². The van der Waals surface area contributed by atoms with Gasteiger partial charge in [0.1, 0.15) is 0 Å². The summed E-state index contributed by atoms with van der Waals surface area (Å²) >= 11 is 6.03. The molecule has 0 radical (unpaired) electrons. The first-order valence-corrected chi connectivity index (χ1v) is 9.51. The van der Waals surface area contributed by atoms with Gasteiger partial charge < -0.3 is 5.32 Å². The van der Waals surface area contributed by atoms with Gasteiger partial charge in [-0.3, -0.25) is 4.79 Å². The van der Waals surface area contributed by atoms with Gasteiger partial charge in [0.15, 0.2) is 0 Å². The fraction of sp³-hybridized carbons (Fsp3) is 0.562. The molecule has 0 atom stereocenters. The lowest BCUT2D eigenvalue weighted by atomic mass is 9.89. The molecule has 1 aromatic carbocycles. The molecule has 1 N–H and O–H groups in total. The van der Waals surface area contributed by atoms with Crippen molar-refractivity contribution in [3.8, 4) is 0 Å². The van der Waals surface area contributed by atoms with Gasteiger partial charge in [0.2, 0.25) is 0 Å². The van der Waals surface area contributed by atoms with E-state index in [0.717, 1.165) is 17.4 Å². The molecule has 0 fully saturated rings. The molecule has 0 bridgehead atoms. The van der Waals surface area contributed by atoms with Gasteiger partial charge in [-0.15, -0.1) is 0 Å². The van der Waals surface area contributed by atoms with E-state index in [1.54, 1.807) is 0 Å². The third-order valence-electron chi connectivity index (χ3n) is 4.38. The van der Waals surface area contributed by atoms with Crippen LogP contribution in [-0.2, 0) is 4.79 Å². The Bertz CT molecular complexity index is 1010. The zero-order valence-electron chi connectivity index (χ0n) is 16.4. The number of halogens is 18. The number of carbonyl (C=O) groups is 1. The van der Waals surface area contributed by atoms with E-state index in [1.807, 2.05) is 0 Å². The summed E-state index contributed by atoms with van der Waals surface area (Å²) in [6.07, 6.45) is 0. The fourth-order valence-electron chi connectivity index (χ4n) is 2.23. The molecule has 1 rings (SSSR count). The van der Waals surface area contributed by atoms with Crippen LogP contribution in [0.15, 0.2) is 22.7 Å². The Morgan fingerprint density at radius 1 is 0.694 bits per heavy atom. The third-order valence-corrected chi connectivity index (χ3v) is 5.27. The van der Waals surface area contributed by atoms with Gasteiger partial charge in [-0.25, -0.2) is 0 Å². The highest BCUT2D eigenvalue weighted by Gasteiger charge is 2.95. The standard InChI is InChI=1S/C16H7BrClF16NO/c1-5-2-3-7(6(17)4-5)35-8(36)9(19,20)10(21,22)11(23,24)12(25,26)13(27,28)14(29,30)15(31,32)16(18,33)34/h2-4H,1H3,(H,35,36). The lowest BCUT2D eigenvalue weighted by Gasteiger charge is -2.42. The van der Waals surface area contributed by atoms with Crippen molar-refractivity contribution in [1.29, 1.82) is 0 Å². The monoisotopic (exact) mass is 647 g/mol. The van der Waals surface area contributed by atoms with Crippen LogP contribution < -0.4 is 5.32 Å². The molecule has 0 aromatic heterocycles. The largest absolute Gasteiger partial charge is 0.393 e. The van der Waals surface area contributed by atoms with E-state index in [4.69, 9.17) is 0 Å². The van der Waals surface area contributed by atoms with Gasteiger partial charge in [0, 0.05) is 4.47 Å². The summed E-state index contributed by atoms with van der Waals surface area (Å²) in [6.45, 7) is 1.36. The van der Waals surface area contributed by atoms with Crippen LogP contribution in [0, 0.1) is 6.92 Å². The highest BCUT2D eigenvalue weighted by Crippen LogP contribution is 2.64. The predicted molar refractivity (Wildman–Crippen MR) is 92.9 cm³/mol. The molecular formula is C16H7BrClF16NO. The van der Waals surface area contributed by atoms with Gasteiger partial charge in [0.05, 0.1) is 5.69 Å². The average Bonchev–Trinajstić information content (AvgIpc) is 2.68. The van der Waals surface area contributed by atoms with Gasteiger partial charge in [-0.2, -0.15) is 70.2 Å². The van der Waals surface area contributed by atoms with E-state index in [1.165, 1.54) is 6.92 Å². The molecule has 0 spiro atoms. The Labute approximate surface area is 202 Å². The Morgan fingerprint density at radius 2 is 1.06 bits per heavy atom. The summed E-state index contributed by atoms with van der Waals surface area (Å²) in [4.78, 5) is 11.5. The Hall–Kier alpha value is -1.66. The molecule has 20 heteroatoms. The number of rotatable bonds is 9. The minimum atomic E-state index is -8.63. The van der Waals surface area contributed by atoms with Crippen LogP contribution in [0.1, 0.15) is 5.56 Å². The van der Waals surface area contributed by atoms with Gasteiger partial charge in [-0.1, -0.05) is 6.07 Å². The fourth-order valence-corrected chi connectivity index (χ4v) is 2.94. The maximum absolute atomic E-state index is 13.9. The smallest absolute Gasteiger partial charge is 0.320 e. The quantitative estimate of drug-likeness (QED) is 0.214. The normalized spacial score (nSPS) is 15.2. The number of hydrogen-bond acceptors (Lipinski definition) is 1. The molecule has 1 amide bonds. The highest BCUT2D eigenvalue weighted by molar-refractivity contribution is 9.10. The molecule has 0 unspecified atom stereocenters. The molecule has 0 aliphatic carbocycles. The molecule has 0 aliphatic rings. The van der Waals surface area contributed by atoms with Crippen LogP contribution in [0.25, 0.3) is 0 Å². The van der Waals surface area contributed by atoms with Crippen LogP contribution in [-0.4, -0.2) is 52.7 Å². The number of alkyl halides is 17. The van der Waals surface area contributed by atoms with Gasteiger partial charge in [-0.05, 0) is 52.2 Å². The van der Waals surface area contributed by atoms with Crippen molar-refractivity contribution in [2.24, 2.45) is 0 Å². The SMILES string of the molecule is Cc1ccc(NC(=O)C(F)(F)C(F)(F)C(F)(F)C(F)(F)C(F)(F)C(F)(F)C(F)(F)C(F)(F)Cl)c(Br)c1. The van der Waals surface area contributed by atoms with Gasteiger partial charge in [0.25, 0.3) is 0 Å². The minimum Gasteiger partial charge on any atom is -0.320 e. The maximum Gasteiger partial charge on any atom is 0.393 e. The van der Waals surface area contributed by atoms with E-state index in [2.05, 4.69) is 27.5 Å². The van der Waals surface area contributed by atoms with E-state index in [-0.39, 0.29) is 4.47 Å². The average molecular weight is 649 g/mol. The molecule has 2 nitrogen and oxygen atoms in total. The van der Waals surface area contributed by atoms with Crippen LogP contribution in [0.5, 0.6) is 0 Å². The molecule has 208 valence electrons. The molecular weight excluding hydrogens is 642 g/mol. The second kappa shape index (κ2) is 8.97. The van der Waals surface area contributed by atoms with Crippen molar-refractivity contribution in [3.63, 3.8) is 0 Å². The van der Waals surface area contributed by atoms with Crippen molar-refractivity contribution in [2.75, 3.05) is 5.32 Å². The van der Waals surface area contributed by atoms with Crippen molar-refractivity contribution in [2.45, 2.75) is 53.8 Å². The predicted octanol–water partition coefficient (Wildman–Crippen LogP) is 7.97. The lowest BCUT2D eigenvalue weighted by Crippen LogP contribution is -2.75. The number of aryl methyl sites for hydroxylation is 1. The zero-order chi connectivity index (χ0) is 29.1. The first-order valence-electron chi connectivity index (χ1n) is 8.34. The lowest BCUT2D eigenvalue weighted by molar-refractivity contribution is -0.445. The van der Waals surface area contributed by atoms with Crippen molar-refractivity contribution < 1.29 is 75.0 Å². The minimum absolute atomic E-state index is 0.325. The molecule has 0 aliphatic heterocycles. The summed E-state index contributed by atoms with van der Waals surface area (Å²) in [6, 6.07) is 2.71. The van der Waals surface area contributed by atoms with E-state index >= 15 is 0 Å². The summed E-state index contributed by atoms with van der Waals surface area (Å²) in [5, 5.41) is -6.01. The number of amides is 1. The first kappa shape index (κ1) is 32.4. The Morgan fingerprint density at radius 3 is 1.42 bits per heavy atom. The molecule has 0 heterocycles. The van der Waals surface area contributed by atoms with Crippen LogP contribution in [0.2, 0.25) is 0 Å². The summed E-state index contributed by atoms with van der Waals surface area (Å²) in [7, 11) is 0. The van der Waals surface area contributed by atoms with E-state index in [0.29, 0.717) is 11.6 Å². The van der Waals surface area contributed by atoms with E-state index in [9.17, 15) is 75.0 Å². The number of nitrogens with one attached hydrogen (secondary N) is 1. The number of carbonyl (C=O) groups excluding carboxylic acids is 1.